The van der Waals surface area contributed by atoms with Gasteiger partial charge >= 0.3 is 0 Å². The average molecular weight is 459 g/mol. The number of nitrogens with two attached hydrogens (primary N) is 1. The summed E-state index contributed by atoms with van der Waals surface area (Å²) < 4.78 is 36.0. The van der Waals surface area contributed by atoms with Crippen molar-refractivity contribution in [3.63, 3.8) is 0 Å². The summed E-state index contributed by atoms with van der Waals surface area (Å²) in [6.45, 7) is 6.73. The molecule has 0 bridgehead atoms. The summed E-state index contributed by atoms with van der Waals surface area (Å²) in [4.78, 5) is 19.2. The largest absolute Gasteiger partial charge is 0.486 e. The van der Waals surface area contributed by atoms with Crippen molar-refractivity contribution in [1.29, 1.82) is 0 Å². The molecule has 5 rings (SSSR count). The molecule has 2 unspecified atom stereocenters. The Bertz CT molecular complexity index is 1320. The SMILES string of the molecule is CC1COCC2COc3c(nc(-c4c(N)cnc5[nH]ccc45)nc3C(C)(C)S(C)(=O)=O)N12. The van der Waals surface area contributed by atoms with E-state index in [4.69, 9.17) is 25.2 Å². The molecule has 1 saturated heterocycles. The topological polar surface area (TPSA) is 136 Å². The number of anilines is 2. The molecule has 3 aromatic heterocycles. The molecule has 3 aromatic rings. The van der Waals surface area contributed by atoms with Crippen LogP contribution in [0.15, 0.2) is 18.5 Å². The first-order chi connectivity index (χ1) is 15.1. The highest BCUT2D eigenvalue weighted by Gasteiger charge is 2.44. The monoisotopic (exact) mass is 458 g/mol. The van der Waals surface area contributed by atoms with Gasteiger partial charge in [-0.1, -0.05) is 0 Å². The maximum atomic E-state index is 12.8. The van der Waals surface area contributed by atoms with E-state index >= 15 is 0 Å². The standard InChI is InChI=1S/C21H26N6O4S/c1-11-8-30-9-12-10-31-16-17(21(2,3)32(4,28)29)25-19(26-20(16)27(11)12)15-13-5-6-23-18(13)24-7-14(15)22/h5-7,11-12H,8-10,22H2,1-4H3,(H,23,24). The highest BCUT2D eigenvalue weighted by Crippen LogP contribution is 2.45. The molecule has 32 heavy (non-hydrogen) atoms. The number of rotatable bonds is 3. The van der Waals surface area contributed by atoms with Gasteiger partial charge in [-0.3, -0.25) is 0 Å². The van der Waals surface area contributed by atoms with Gasteiger partial charge in [-0.05, 0) is 26.8 Å². The number of fused-ring (bicyclic) bond motifs is 4. The number of nitrogen functional groups attached to an aromatic ring is 1. The molecule has 10 nitrogen and oxygen atoms in total. The number of morpholine rings is 1. The summed E-state index contributed by atoms with van der Waals surface area (Å²) in [7, 11) is -3.54. The van der Waals surface area contributed by atoms with Gasteiger partial charge < -0.3 is 25.1 Å². The predicted molar refractivity (Wildman–Crippen MR) is 121 cm³/mol. The average Bonchev–Trinajstić information content (AvgIpc) is 3.20. The van der Waals surface area contributed by atoms with Gasteiger partial charge in [0.1, 0.15) is 22.7 Å². The lowest BCUT2D eigenvalue weighted by molar-refractivity contribution is 0.0482. The van der Waals surface area contributed by atoms with Crippen LogP contribution in [-0.2, 0) is 19.3 Å². The molecule has 0 aromatic carbocycles. The third-order valence-corrected chi connectivity index (χ3v) is 8.43. The Hall–Kier alpha value is -2.92. The number of nitrogens with zero attached hydrogens (tertiary/aromatic N) is 4. The molecule has 5 heterocycles. The normalized spacial score (nSPS) is 21.2. The van der Waals surface area contributed by atoms with E-state index in [1.807, 2.05) is 6.07 Å². The van der Waals surface area contributed by atoms with Crippen LogP contribution in [0.3, 0.4) is 0 Å². The molecule has 2 aliphatic rings. The Morgan fingerprint density at radius 3 is 2.78 bits per heavy atom. The van der Waals surface area contributed by atoms with E-state index in [-0.39, 0.29) is 12.1 Å². The maximum Gasteiger partial charge on any atom is 0.185 e. The lowest BCUT2D eigenvalue weighted by Gasteiger charge is -2.45. The van der Waals surface area contributed by atoms with Crippen molar-refractivity contribution in [2.45, 2.75) is 37.6 Å². The molecule has 2 aliphatic heterocycles. The summed E-state index contributed by atoms with van der Waals surface area (Å²) in [5.74, 6) is 1.30. The zero-order valence-electron chi connectivity index (χ0n) is 18.4. The first-order valence-electron chi connectivity index (χ1n) is 10.4. The lowest BCUT2D eigenvalue weighted by Crippen LogP contribution is -2.56. The maximum absolute atomic E-state index is 12.8. The molecule has 170 valence electrons. The third-order valence-electron chi connectivity index (χ3n) is 6.39. The van der Waals surface area contributed by atoms with E-state index in [1.54, 1.807) is 26.2 Å². The fourth-order valence-corrected chi connectivity index (χ4v) is 4.79. The first kappa shape index (κ1) is 21.0. The number of sulfone groups is 1. The molecule has 0 amide bonds. The van der Waals surface area contributed by atoms with Crippen LogP contribution >= 0.6 is 0 Å². The van der Waals surface area contributed by atoms with Crippen LogP contribution in [0.5, 0.6) is 5.75 Å². The van der Waals surface area contributed by atoms with Crippen LogP contribution < -0.4 is 15.4 Å². The van der Waals surface area contributed by atoms with Gasteiger partial charge in [-0.2, -0.15) is 0 Å². The molecule has 3 N–H and O–H groups in total. The van der Waals surface area contributed by atoms with Gasteiger partial charge in [-0.15, -0.1) is 0 Å². The summed E-state index contributed by atoms with van der Waals surface area (Å²) in [5, 5.41) is 0.761. The Balaban J connectivity index is 1.84. The first-order valence-corrected chi connectivity index (χ1v) is 12.3. The van der Waals surface area contributed by atoms with Crippen molar-refractivity contribution in [1.82, 2.24) is 19.9 Å². The smallest absolute Gasteiger partial charge is 0.185 e. The fraction of sp³-hybridized carbons (Fsp3) is 0.476. The van der Waals surface area contributed by atoms with E-state index in [0.29, 0.717) is 59.8 Å². The Kier molecular flexibility index (Phi) is 4.61. The van der Waals surface area contributed by atoms with Gasteiger partial charge in [0.25, 0.3) is 0 Å². The second kappa shape index (κ2) is 7.04. The molecule has 0 saturated carbocycles. The zero-order valence-corrected chi connectivity index (χ0v) is 19.2. The number of hydrogen-bond acceptors (Lipinski definition) is 9. The number of aromatic nitrogens is 4. The number of H-pyrrole nitrogens is 1. The Morgan fingerprint density at radius 1 is 1.25 bits per heavy atom. The number of nitrogens with one attached hydrogen (secondary N) is 1. The van der Waals surface area contributed by atoms with Crippen LogP contribution in [0.2, 0.25) is 0 Å². The van der Waals surface area contributed by atoms with Crippen LogP contribution in [0.4, 0.5) is 11.5 Å². The van der Waals surface area contributed by atoms with Crippen molar-refractivity contribution in [3.8, 4) is 17.1 Å². The molecular formula is C21H26N6O4S. The Morgan fingerprint density at radius 2 is 2.03 bits per heavy atom. The van der Waals surface area contributed by atoms with E-state index in [1.165, 1.54) is 6.26 Å². The summed E-state index contributed by atoms with van der Waals surface area (Å²) in [5.41, 5.74) is 8.29. The quantitative estimate of drug-likeness (QED) is 0.602. The fourth-order valence-electron chi connectivity index (χ4n) is 4.30. The number of pyridine rings is 1. The lowest BCUT2D eigenvalue weighted by atomic mass is 10.0. The summed E-state index contributed by atoms with van der Waals surface area (Å²) in [6, 6.07) is 1.87. The molecular weight excluding hydrogens is 432 g/mol. The van der Waals surface area contributed by atoms with E-state index in [2.05, 4.69) is 21.8 Å². The predicted octanol–water partition coefficient (Wildman–Crippen LogP) is 1.87. The van der Waals surface area contributed by atoms with Crippen molar-refractivity contribution in [2.24, 2.45) is 0 Å². The minimum absolute atomic E-state index is 0.0229. The van der Waals surface area contributed by atoms with E-state index in [0.717, 1.165) is 5.39 Å². The van der Waals surface area contributed by atoms with Crippen molar-refractivity contribution in [2.75, 3.05) is 36.7 Å². The summed E-state index contributed by atoms with van der Waals surface area (Å²) in [6.07, 6.45) is 4.52. The minimum Gasteiger partial charge on any atom is -0.486 e. The highest BCUT2D eigenvalue weighted by molar-refractivity contribution is 7.91. The third kappa shape index (κ3) is 3.02. The molecule has 11 heteroatoms. The van der Waals surface area contributed by atoms with Gasteiger partial charge in [0.15, 0.2) is 27.2 Å². The van der Waals surface area contributed by atoms with E-state index < -0.39 is 14.6 Å². The van der Waals surface area contributed by atoms with Crippen LogP contribution in [-0.4, -0.2) is 66.5 Å². The summed E-state index contributed by atoms with van der Waals surface area (Å²) >= 11 is 0. The van der Waals surface area contributed by atoms with Crippen LogP contribution in [0, 0.1) is 0 Å². The van der Waals surface area contributed by atoms with Crippen LogP contribution in [0.25, 0.3) is 22.4 Å². The van der Waals surface area contributed by atoms with E-state index in [9.17, 15) is 8.42 Å². The number of ether oxygens (including phenoxy) is 2. The van der Waals surface area contributed by atoms with Crippen molar-refractivity contribution >= 4 is 32.4 Å². The second-order valence-electron chi connectivity index (χ2n) is 8.92. The van der Waals surface area contributed by atoms with Crippen LogP contribution in [0.1, 0.15) is 26.5 Å². The van der Waals surface area contributed by atoms with Gasteiger partial charge in [0.2, 0.25) is 0 Å². The molecule has 0 spiro atoms. The number of aromatic amines is 1. The minimum atomic E-state index is -3.54. The van der Waals surface area contributed by atoms with Crippen molar-refractivity contribution in [3.05, 3.63) is 24.2 Å². The zero-order chi connectivity index (χ0) is 22.8. The van der Waals surface area contributed by atoms with Gasteiger partial charge in [-0.25, -0.2) is 23.4 Å². The molecule has 2 atom stereocenters. The van der Waals surface area contributed by atoms with Gasteiger partial charge in [0.05, 0.1) is 42.7 Å². The van der Waals surface area contributed by atoms with Gasteiger partial charge in [0, 0.05) is 17.8 Å². The Labute approximate surface area is 186 Å². The molecule has 0 aliphatic carbocycles. The second-order valence-corrected chi connectivity index (χ2v) is 11.5. The number of hydrogen-bond donors (Lipinski definition) is 2. The molecule has 1 fully saturated rings. The highest BCUT2D eigenvalue weighted by atomic mass is 32.2. The van der Waals surface area contributed by atoms with Crippen molar-refractivity contribution < 1.29 is 17.9 Å². The molecule has 0 radical (unpaired) electrons.